The summed E-state index contributed by atoms with van der Waals surface area (Å²) in [5.41, 5.74) is 1.81. The summed E-state index contributed by atoms with van der Waals surface area (Å²) in [4.78, 5) is 27.2. The lowest BCUT2D eigenvalue weighted by Gasteiger charge is -2.24. The number of para-hydroxylation sites is 1. The molecule has 1 unspecified atom stereocenters. The van der Waals surface area contributed by atoms with E-state index in [1.54, 1.807) is 31.2 Å². The molecule has 3 aromatic rings. The quantitative estimate of drug-likeness (QED) is 0.400. The minimum absolute atomic E-state index is 0.0980. The van der Waals surface area contributed by atoms with Crippen molar-refractivity contribution < 1.29 is 23.5 Å². The van der Waals surface area contributed by atoms with Crippen molar-refractivity contribution >= 4 is 23.1 Å². The zero-order chi connectivity index (χ0) is 20.7. The van der Waals surface area contributed by atoms with Gasteiger partial charge < -0.3 is 9.52 Å². The molecular formula is C23H18FNO4. The number of carbonyl (C=O) groups excluding carboxylic acids is 2. The molecule has 1 saturated heterocycles. The molecule has 146 valence electrons. The fraction of sp³-hybridized carbons (Fsp3) is 0.130. The number of aliphatic hydroxyl groups excluding tert-OH is 1. The number of benzene rings is 2. The maximum absolute atomic E-state index is 13.7. The van der Waals surface area contributed by atoms with Crippen LogP contribution in [-0.2, 0) is 9.59 Å². The second-order valence-electron chi connectivity index (χ2n) is 6.93. The standard InChI is InChI=1S/C23H18FNO4/c1-13-6-3-4-7-17(13)25-20(18-8-5-11-29-18)19(22(27)23(25)28)21(26)15-9-10-16(24)14(2)12-15/h3-12,20,26H,1-2H3/b21-19-. The predicted octanol–water partition coefficient (Wildman–Crippen LogP) is 4.66. The molecule has 1 atom stereocenters. The van der Waals surface area contributed by atoms with Gasteiger partial charge in [-0.1, -0.05) is 18.2 Å². The van der Waals surface area contributed by atoms with Crippen molar-refractivity contribution in [3.05, 3.63) is 94.7 Å². The van der Waals surface area contributed by atoms with Gasteiger partial charge in [0.25, 0.3) is 11.7 Å². The van der Waals surface area contributed by atoms with Crippen molar-refractivity contribution in [1.29, 1.82) is 0 Å². The van der Waals surface area contributed by atoms with Gasteiger partial charge in [-0.2, -0.15) is 0 Å². The van der Waals surface area contributed by atoms with Crippen LogP contribution in [0.15, 0.2) is 70.9 Å². The van der Waals surface area contributed by atoms with Crippen molar-refractivity contribution in [3.8, 4) is 0 Å². The lowest BCUT2D eigenvalue weighted by atomic mass is 9.98. The Bertz CT molecular complexity index is 1150. The first-order valence-electron chi connectivity index (χ1n) is 9.06. The number of furan rings is 1. The molecular weight excluding hydrogens is 373 g/mol. The summed E-state index contributed by atoms with van der Waals surface area (Å²) in [6, 6.07) is 13.5. The van der Waals surface area contributed by atoms with E-state index in [4.69, 9.17) is 4.42 Å². The summed E-state index contributed by atoms with van der Waals surface area (Å²) in [6.45, 7) is 3.39. The first kappa shape index (κ1) is 18.7. The molecule has 1 amide bonds. The summed E-state index contributed by atoms with van der Waals surface area (Å²) >= 11 is 0. The zero-order valence-electron chi connectivity index (χ0n) is 15.8. The Morgan fingerprint density at radius 2 is 1.79 bits per heavy atom. The van der Waals surface area contributed by atoms with Crippen LogP contribution in [0.25, 0.3) is 5.76 Å². The molecule has 0 saturated carbocycles. The van der Waals surface area contributed by atoms with Crippen LogP contribution in [0, 0.1) is 19.7 Å². The Hall–Kier alpha value is -3.67. The first-order valence-corrected chi connectivity index (χ1v) is 9.06. The van der Waals surface area contributed by atoms with Crippen LogP contribution in [0.1, 0.15) is 28.5 Å². The number of aryl methyl sites for hydroxylation is 2. The number of ketones is 1. The van der Waals surface area contributed by atoms with Gasteiger partial charge in [0, 0.05) is 11.3 Å². The average molecular weight is 391 g/mol. The van der Waals surface area contributed by atoms with Gasteiger partial charge in [0.1, 0.15) is 23.4 Å². The number of amides is 1. The molecule has 6 heteroatoms. The number of Topliss-reactive ketones (excluding diaryl/α,β-unsaturated/α-hetero) is 1. The highest BCUT2D eigenvalue weighted by Gasteiger charge is 2.48. The summed E-state index contributed by atoms with van der Waals surface area (Å²) in [7, 11) is 0. The van der Waals surface area contributed by atoms with Gasteiger partial charge in [-0.15, -0.1) is 0 Å². The molecule has 0 aliphatic carbocycles. The first-order chi connectivity index (χ1) is 13.9. The number of hydrogen-bond donors (Lipinski definition) is 1. The van der Waals surface area contributed by atoms with Crippen LogP contribution in [0.5, 0.6) is 0 Å². The summed E-state index contributed by atoms with van der Waals surface area (Å²) in [5, 5.41) is 10.9. The topological polar surface area (TPSA) is 70.8 Å². The third-order valence-electron chi connectivity index (χ3n) is 5.06. The minimum atomic E-state index is -0.934. The minimum Gasteiger partial charge on any atom is -0.507 e. The summed E-state index contributed by atoms with van der Waals surface area (Å²) in [5.74, 6) is -2.04. The van der Waals surface area contributed by atoms with E-state index in [1.807, 2.05) is 19.1 Å². The number of halogens is 1. The van der Waals surface area contributed by atoms with Crippen LogP contribution < -0.4 is 4.90 Å². The van der Waals surface area contributed by atoms with Gasteiger partial charge in [0.2, 0.25) is 0 Å². The molecule has 5 nitrogen and oxygen atoms in total. The monoisotopic (exact) mass is 391 g/mol. The molecule has 0 radical (unpaired) electrons. The lowest BCUT2D eigenvalue weighted by Crippen LogP contribution is -2.29. The van der Waals surface area contributed by atoms with E-state index in [0.717, 1.165) is 5.56 Å². The molecule has 1 aliphatic rings. The van der Waals surface area contributed by atoms with E-state index in [-0.39, 0.29) is 16.9 Å². The molecule has 2 heterocycles. The maximum Gasteiger partial charge on any atom is 0.300 e. The highest BCUT2D eigenvalue weighted by Crippen LogP contribution is 2.43. The summed E-state index contributed by atoms with van der Waals surface area (Å²) in [6.07, 6.45) is 1.44. The fourth-order valence-corrected chi connectivity index (χ4v) is 3.58. The number of rotatable bonds is 3. The Morgan fingerprint density at radius 3 is 2.45 bits per heavy atom. The highest BCUT2D eigenvalue weighted by atomic mass is 19.1. The zero-order valence-corrected chi connectivity index (χ0v) is 15.8. The third kappa shape index (κ3) is 3.02. The highest BCUT2D eigenvalue weighted by molar-refractivity contribution is 6.51. The molecule has 2 aromatic carbocycles. The second kappa shape index (κ2) is 7.05. The second-order valence-corrected chi connectivity index (χ2v) is 6.93. The molecule has 4 rings (SSSR count). The van der Waals surface area contributed by atoms with E-state index < -0.39 is 23.5 Å². The average Bonchev–Trinajstić information content (AvgIpc) is 3.32. The van der Waals surface area contributed by atoms with Gasteiger partial charge >= 0.3 is 0 Å². The summed E-state index contributed by atoms with van der Waals surface area (Å²) < 4.78 is 19.2. The van der Waals surface area contributed by atoms with Crippen LogP contribution in [0.3, 0.4) is 0 Å². The van der Waals surface area contributed by atoms with Gasteiger partial charge in [-0.05, 0) is 61.4 Å². The van der Waals surface area contributed by atoms with E-state index in [2.05, 4.69) is 0 Å². The van der Waals surface area contributed by atoms with Crippen molar-refractivity contribution in [1.82, 2.24) is 0 Å². The lowest BCUT2D eigenvalue weighted by molar-refractivity contribution is -0.132. The van der Waals surface area contributed by atoms with Crippen molar-refractivity contribution in [2.45, 2.75) is 19.9 Å². The number of aliphatic hydroxyl groups is 1. The predicted molar refractivity (Wildman–Crippen MR) is 106 cm³/mol. The molecule has 1 fully saturated rings. The number of carbonyl (C=O) groups is 2. The van der Waals surface area contributed by atoms with Crippen molar-refractivity contribution in [2.24, 2.45) is 0 Å². The number of anilines is 1. The van der Waals surface area contributed by atoms with Gasteiger partial charge in [-0.25, -0.2) is 4.39 Å². The Labute approximate surface area is 166 Å². The van der Waals surface area contributed by atoms with Crippen molar-refractivity contribution in [2.75, 3.05) is 4.90 Å². The van der Waals surface area contributed by atoms with Crippen molar-refractivity contribution in [3.63, 3.8) is 0 Å². The van der Waals surface area contributed by atoms with E-state index >= 15 is 0 Å². The largest absolute Gasteiger partial charge is 0.507 e. The molecule has 0 spiro atoms. The maximum atomic E-state index is 13.7. The normalized spacial score (nSPS) is 18.4. The van der Waals surface area contributed by atoms with Gasteiger partial charge in [0.05, 0.1) is 11.8 Å². The van der Waals surface area contributed by atoms with E-state index in [0.29, 0.717) is 17.0 Å². The van der Waals surface area contributed by atoms with Crippen LogP contribution in [0.2, 0.25) is 0 Å². The molecule has 29 heavy (non-hydrogen) atoms. The smallest absolute Gasteiger partial charge is 0.300 e. The Balaban J connectivity index is 1.95. The fourth-order valence-electron chi connectivity index (χ4n) is 3.58. The van der Waals surface area contributed by atoms with E-state index in [1.165, 1.54) is 29.4 Å². The molecule has 1 aliphatic heterocycles. The van der Waals surface area contributed by atoms with Gasteiger partial charge in [-0.3, -0.25) is 14.5 Å². The SMILES string of the molecule is Cc1cc(/C(O)=C2/C(=O)C(=O)N(c3ccccc3C)C2c2ccco2)ccc1F. The van der Waals surface area contributed by atoms with Gasteiger partial charge in [0.15, 0.2) is 0 Å². The number of hydrogen-bond acceptors (Lipinski definition) is 4. The van der Waals surface area contributed by atoms with E-state index in [9.17, 15) is 19.1 Å². The molecule has 1 aromatic heterocycles. The third-order valence-corrected chi connectivity index (χ3v) is 5.06. The molecule has 0 bridgehead atoms. The number of nitrogens with zero attached hydrogens (tertiary/aromatic N) is 1. The van der Waals surface area contributed by atoms with Crippen LogP contribution in [0.4, 0.5) is 10.1 Å². The Kier molecular flexibility index (Phi) is 4.54. The Morgan fingerprint density at radius 1 is 1.03 bits per heavy atom. The molecule has 1 N–H and O–H groups in total. The van der Waals surface area contributed by atoms with Crippen LogP contribution in [-0.4, -0.2) is 16.8 Å². The van der Waals surface area contributed by atoms with Crippen LogP contribution >= 0.6 is 0 Å².